The standard InChI is InChI=1S/C16H18O2/c1-12-5-4-6-14(16(12)18-3)11-13-7-9-15(17-2)10-8-13/h4-10H,11H2,1-3H3. The van der Waals surface area contributed by atoms with Crippen LogP contribution in [0.15, 0.2) is 42.5 Å². The Balaban J connectivity index is 2.25. The third-order valence-electron chi connectivity index (χ3n) is 3.05. The van der Waals surface area contributed by atoms with Gasteiger partial charge in [-0.2, -0.15) is 0 Å². The molecule has 0 saturated carbocycles. The van der Waals surface area contributed by atoms with Crippen molar-refractivity contribution in [3.05, 3.63) is 59.2 Å². The van der Waals surface area contributed by atoms with Crippen LogP contribution in [0, 0.1) is 6.92 Å². The molecule has 0 spiro atoms. The smallest absolute Gasteiger partial charge is 0.125 e. The van der Waals surface area contributed by atoms with Crippen molar-refractivity contribution in [3.8, 4) is 11.5 Å². The zero-order chi connectivity index (χ0) is 13.0. The Morgan fingerprint density at radius 1 is 0.889 bits per heavy atom. The van der Waals surface area contributed by atoms with Gasteiger partial charge < -0.3 is 9.47 Å². The van der Waals surface area contributed by atoms with Gasteiger partial charge in [-0.1, -0.05) is 30.3 Å². The normalized spacial score (nSPS) is 10.2. The van der Waals surface area contributed by atoms with Gasteiger partial charge in [0.05, 0.1) is 14.2 Å². The second kappa shape index (κ2) is 5.58. The first-order valence-corrected chi connectivity index (χ1v) is 6.00. The van der Waals surface area contributed by atoms with Gasteiger partial charge in [0.25, 0.3) is 0 Å². The molecule has 2 rings (SSSR count). The Morgan fingerprint density at radius 3 is 2.22 bits per heavy atom. The molecule has 2 aromatic carbocycles. The Labute approximate surface area is 108 Å². The van der Waals surface area contributed by atoms with E-state index >= 15 is 0 Å². The minimum atomic E-state index is 0.870. The molecule has 2 heteroatoms. The highest BCUT2D eigenvalue weighted by Crippen LogP contribution is 2.25. The van der Waals surface area contributed by atoms with Crippen molar-refractivity contribution in [2.75, 3.05) is 14.2 Å². The van der Waals surface area contributed by atoms with Gasteiger partial charge in [0.2, 0.25) is 0 Å². The van der Waals surface area contributed by atoms with Gasteiger partial charge in [0, 0.05) is 6.42 Å². The number of para-hydroxylation sites is 1. The van der Waals surface area contributed by atoms with Crippen molar-refractivity contribution in [1.29, 1.82) is 0 Å². The van der Waals surface area contributed by atoms with Gasteiger partial charge in [-0.05, 0) is 35.7 Å². The molecule has 18 heavy (non-hydrogen) atoms. The summed E-state index contributed by atoms with van der Waals surface area (Å²) in [5.74, 6) is 1.86. The van der Waals surface area contributed by atoms with Gasteiger partial charge in [-0.3, -0.25) is 0 Å². The first kappa shape index (κ1) is 12.5. The molecule has 0 unspecified atom stereocenters. The van der Waals surface area contributed by atoms with E-state index in [0.717, 1.165) is 17.9 Å². The van der Waals surface area contributed by atoms with Crippen molar-refractivity contribution >= 4 is 0 Å². The number of aryl methyl sites for hydroxylation is 1. The molecular weight excluding hydrogens is 224 g/mol. The summed E-state index contributed by atoms with van der Waals surface area (Å²) in [5.41, 5.74) is 3.63. The van der Waals surface area contributed by atoms with Crippen LogP contribution < -0.4 is 9.47 Å². The summed E-state index contributed by atoms with van der Waals surface area (Å²) in [5, 5.41) is 0. The van der Waals surface area contributed by atoms with E-state index in [2.05, 4.69) is 37.3 Å². The summed E-state index contributed by atoms with van der Waals surface area (Å²) in [6, 6.07) is 14.4. The number of hydrogen-bond donors (Lipinski definition) is 0. The lowest BCUT2D eigenvalue weighted by Gasteiger charge is -2.11. The van der Waals surface area contributed by atoms with Gasteiger partial charge in [0.15, 0.2) is 0 Å². The van der Waals surface area contributed by atoms with Crippen LogP contribution in [0.2, 0.25) is 0 Å². The molecule has 0 bridgehead atoms. The van der Waals surface area contributed by atoms with Crippen LogP contribution in [0.4, 0.5) is 0 Å². The molecule has 0 aliphatic rings. The molecule has 2 aromatic rings. The maximum absolute atomic E-state index is 5.47. The Kier molecular flexibility index (Phi) is 3.88. The highest BCUT2D eigenvalue weighted by molar-refractivity contribution is 5.43. The van der Waals surface area contributed by atoms with Gasteiger partial charge >= 0.3 is 0 Å². The van der Waals surface area contributed by atoms with Crippen LogP contribution in [-0.2, 0) is 6.42 Å². The quantitative estimate of drug-likeness (QED) is 0.815. The lowest BCUT2D eigenvalue weighted by molar-refractivity contribution is 0.407. The Morgan fingerprint density at radius 2 is 1.61 bits per heavy atom. The number of methoxy groups -OCH3 is 2. The minimum absolute atomic E-state index is 0.870. The van der Waals surface area contributed by atoms with Crippen molar-refractivity contribution in [2.24, 2.45) is 0 Å². The first-order valence-electron chi connectivity index (χ1n) is 6.00. The maximum Gasteiger partial charge on any atom is 0.125 e. The van der Waals surface area contributed by atoms with Crippen LogP contribution in [0.1, 0.15) is 16.7 Å². The molecule has 0 aliphatic carbocycles. The van der Waals surface area contributed by atoms with Crippen LogP contribution in [0.5, 0.6) is 11.5 Å². The predicted molar refractivity (Wildman–Crippen MR) is 73.5 cm³/mol. The fraction of sp³-hybridized carbons (Fsp3) is 0.250. The lowest BCUT2D eigenvalue weighted by Crippen LogP contribution is -1.96. The van der Waals surface area contributed by atoms with E-state index in [1.54, 1.807) is 14.2 Å². The van der Waals surface area contributed by atoms with Crippen molar-refractivity contribution < 1.29 is 9.47 Å². The van der Waals surface area contributed by atoms with E-state index in [9.17, 15) is 0 Å². The highest BCUT2D eigenvalue weighted by Gasteiger charge is 2.06. The maximum atomic E-state index is 5.47. The molecule has 0 atom stereocenters. The minimum Gasteiger partial charge on any atom is -0.497 e. The number of rotatable bonds is 4. The zero-order valence-corrected chi connectivity index (χ0v) is 11.1. The zero-order valence-electron chi connectivity index (χ0n) is 11.1. The van der Waals surface area contributed by atoms with Crippen LogP contribution >= 0.6 is 0 Å². The monoisotopic (exact) mass is 242 g/mol. The lowest BCUT2D eigenvalue weighted by atomic mass is 10.0. The van der Waals surface area contributed by atoms with E-state index in [1.165, 1.54) is 16.7 Å². The molecule has 0 N–H and O–H groups in total. The van der Waals surface area contributed by atoms with Crippen molar-refractivity contribution in [1.82, 2.24) is 0 Å². The van der Waals surface area contributed by atoms with Crippen molar-refractivity contribution in [3.63, 3.8) is 0 Å². The second-order valence-corrected chi connectivity index (χ2v) is 4.29. The summed E-state index contributed by atoms with van der Waals surface area (Å²) in [4.78, 5) is 0. The predicted octanol–water partition coefficient (Wildman–Crippen LogP) is 3.60. The third kappa shape index (κ3) is 2.65. The average molecular weight is 242 g/mol. The van der Waals surface area contributed by atoms with E-state index < -0.39 is 0 Å². The first-order chi connectivity index (χ1) is 8.74. The van der Waals surface area contributed by atoms with Crippen LogP contribution in [0.25, 0.3) is 0 Å². The van der Waals surface area contributed by atoms with Crippen molar-refractivity contribution in [2.45, 2.75) is 13.3 Å². The second-order valence-electron chi connectivity index (χ2n) is 4.29. The largest absolute Gasteiger partial charge is 0.497 e. The summed E-state index contributed by atoms with van der Waals surface area (Å²) in [6.07, 6.45) is 0.870. The van der Waals surface area contributed by atoms with Crippen LogP contribution in [0.3, 0.4) is 0 Å². The number of hydrogen-bond acceptors (Lipinski definition) is 2. The Bertz CT molecular complexity index is 515. The van der Waals surface area contributed by atoms with E-state index in [-0.39, 0.29) is 0 Å². The molecule has 94 valence electrons. The van der Waals surface area contributed by atoms with Gasteiger partial charge in [-0.25, -0.2) is 0 Å². The van der Waals surface area contributed by atoms with E-state index in [1.807, 2.05) is 12.1 Å². The molecule has 0 saturated heterocycles. The highest BCUT2D eigenvalue weighted by atomic mass is 16.5. The summed E-state index contributed by atoms with van der Waals surface area (Å²) < 4.78 is 10.6. The third-order valence-corrected chi connectivity index (χ3v) is 3.05. The average Bonchev–Trinajstić information content (AvgIpc) is 2.40. The van der Waals surface area contributed by atoms with Gasteiger partial charge in [0.1, 0.15) is 11.5 Å². The molecular formula is C16H18O2. The summed E-state index contributed by atoms with van der Waals surface area (Å²) in [7, 11) is 3.40. The fourth-order valence-electron chi connectivity index (χ4n) is 2.11. The molecule has 0 radical (unpaired) electrons. The SMILES string of the molecule is COc1ccc(Cc2cccc(C)c2OC)cc1. The summed E-state index contributed by atoms with van der Waals surface area (Å²) >= 11 is 0. The summed E-state index contributed by atoms with van der Waals surface area (Å²) in [6.45, 7) is 2.07. The van der Waals surface area contributed by atoms with Crippen LogP contribution in [-0.4, -0.2) is 14.2 Å². The van der Waals surface area contributed by atoms with E-state index in [0.29, 0.717) is 0 Å². The molecule has 0 fully saturated rings. The van der Waals surface area contributed by atoms with E-state index in [4.69, 9.17) is 9.47 Å². The molecule has 0 aliphatic heterocycles. The molecule has 0 aromatic heterocycles. The van der Waals surface area contributed by atoms with Gasteiger partial charge in [-0.15, -0.1) is 0 Å². The Hall–Kier alpha value is -1.96. The number of ether oxygens (including phenoxy) is 2. The molecule has 0 amide bonds. The fourth-order valence-corrected chi connectivity index (χ4v) is 2.11. The molecule has 2 nitrogen and oxygen atoms in total. The number of benzene rings is 2. The topological polar surface area (TPSA) is 18.5 Å². The molecule has 0 heterocycles.